The molecule has 0 unspecified atom stereocenters. The van der Waals surface area contributed by atoms with E-state index in [2.05, 4.69) is 10.9 Å². The first-order valence-corrected chi connectivity index (χ1v) is 4.42. The first kappa shape index (κ1) is 11.0. The first-order chi connectivity index (χ1) is 7.18. The normalized spacial score (nSPS) is 9.13. The highest BCUT2D eigenvalue weighted by molar-refractivity contribution is 5.81. The molecule has 1 rings (SSSR count). The van der Waals surface area contributed by atoms with E-state index in [-0.39, 0.29) is 12.5 Å². The molecule has 80 valence electrons. The van der Waals surface area contributed by atoms with Crippen molar-refractivity contribution in [3.05, 3.63) is 30.3 Å². The number of hydrogen-bond donors (Lipinski definition) is 2. The van der Waals surface area contributed by atoms with Crippen LogP contribution in [0.1, 0.15) is 6.92 Å². The van der Waals surface area contributed by atoms with Crippen LogP contribution in [0.25, 0.3) is 0 Å². The summed E-state index contributed by atoms with van der Waals surface area (Å²) in [7, 11) is 0. The highest BCUT2D eigenvalue weighted by Crippen LogP contribution is 2.07. The number of carbonyl (C=O) groups is 2. The monoisotopic (exact) mass is 208 g/mol. The van der Waals surface area contributed by atoms with Crippen molar-refractivity contribution in [2.24, 2.45) is 0 Å². The largest absolute Gasteiger partial charge is 0.484 e. The average Bonchev–Trinajstić information content (AvgIpc) is 2.25. The zero-order chi connectivity index (χ0) is 11.1. The Balaban J connectivity index is 2.26. The predicted molar refractivity (Wildman–Crippen MR) is 53.9 cm³/mol. The van der Waals surface area contributed by atoms with Gasteiger partial charge in [-0.1, -0.05) is 18.2 Å². The molecule has 2 amide bonds. The molecule has 0 aliphatic carbocycles. The summed E-state index contributed by atoms with van der Waals surface area (Å²) in [6.07, 6.45) is 0. The molecule has 0 bridgehead atoms. The Hall–Kier alpha value is -2.04. The van der Waals surface area contributed by atoms with Crippen LogP contribution in [0.4, 0.5) is 0 Å². The molecule has 0 aliphatic rings. The van der Waals surface area contributed by atoms with Crippen LogP contribution in [0, 0.1) is 0 Å². The van der Waals surface area contributed by atoms with E-state index in [1.54, 1.807) is 24.3 Å². The van der Waals surface area contributed by atoms with Crippen LogP contribution in [-0.4, -0.2) is 18.4 Å². The number of ether oxygens (including phenoxy) is 1. The van der Waals surface area contributed by atoms with Gasteiger partial charge in [0.25, 0.3) is 5.91 Å². The van der Waals surface area contributed by atoms with Gasteiger partial charge in [0, 0.05) is 6.92 Å². The van der Waals surface area contributed by atoms with E-state index in [4.69, 9.17) is 4.74 Å². The van der Waals surface area contributed by atoms with Crippen LogP contribution < -0.4 is 15.6 Å². The van der Waals surface area contributed by atoms with E-state index >= 15 is 0 Å². The second-order valence-electron chi connectivity index (χ2n) is 2.83. The summed E-state index contributed by atoms with van der Waals surface area (Å²) in [5, 5.41) is 0. The first-order valence-electron chi connectivity index (χ1n) is 4.42. The predicted octanol–water partition coefficient (Wildman–Crippen LogP) is 0.233. The van der Waals surface area contributed by atoms with E-state index < -0.39 is 5.91 Å². The SMILES string of the molecule is CC(=O)NNC(=O)COc1ccccc1. The van der Waals surface area contributed by atoms with Crippen molar-refractivity contribution in [1.82, 2.24) is 10.9 Å². The Morgan fingerprint density at radius 3 is 2.47 bits per heavy atom. The lowest BCUT2D eigenvalue weighted by Crippen LogP contribution is -2.42. The third-order valence-corrected chi connectivity index (χ3v) is 1.49. The van der Waals surface area contributed by atoms with Gasteiger partial charge in [0.05, 0.1) is 0 Å². The van der Waals surface area contributed by atoms with Gasteiger partial charge in [0.15, 0.2) is 6.61 Å². The van der Waals surface area contributed by atoms with Gasteiger partial charge in [-0.05, 0) is 12.1 Å². The summed E-state index contributed by atoms with van der Waals surface area (Å²) in [5.41, 5.74) is 4.35. The Labute approximate surface area is 87.4 Å². The molecular weight excluding hydrogens is 196 g/mol. The molecule has 2 N–H and O–H groups in total. The van der Waals surface area contributed by atoms with Gasteiger partial charge in [-0.3, -0.25) is 20.4 Å². The molecule has 0 fully saturated rings. The van der Waals surface area contributed by atoms with E-state index in [1.165, 1.54) is 6.92 Å². The number of amides is 2. The van der Waals surface area contributed by atoms with Gasteiger partial charge in [-0.2, -0.15) is 0 Å². The molecule has 0 heterocycles. The van der Waals surface area contributed by atoms with Crippen LogP contribution in [0.2, 0.25) is 0 Å². The minimum absolute atomic E-state index is 0.135. The highest BCUT2D eigenvalue weighted by Gasteiger charge is 2.01. The van der Waals surface area contributed by atoms with Gasteiger partial charge >= 0.3 is 0 Å². The smallest absolute Gasteiger partial charge is 0.276 e. The third-order valence-electron chi connectivity index (χ3n) is 1.49. The second kappa shape index (κ2) is 5.64. The number of carbonyl (C=O) groups excluding carboxylic acids is 2. The average molecular weight is 208 g/mol. The van der Waals surface area contributed by atoms with Crippen molar-refractivity contribution in [2.75, 3.05) is 6.61 Å². The van der Waals surface area contributed by atoms with Gasteiger partial charge in [-0.15, -0.1) is 0 Å². The number of hydrazine groups is 1. The number of para-hydroxylation sites is 1. The van der Waals surface area contributed by atoms with Crippen molar-refractivity contribution in [1.29, 1.82) is 0 Å². The maximum absolute atomic E-state index is 11.1. The second-order valence-corrected chi connectivity index (χ2v) is 2.83. The molecule has 15 heavy (non-hydrogen) atoms. The van der Waals surface area contributed by atoms with Crippen molar-refractivity contribution >= 4 is 11.8 Å². The number of nitrogens with one attached hydrogen (secondary N) is 2. The third kappa shape index (κ3) is 4.66. The lowest BCUT2D eigenvalue weighted by Gasteiger charge is -2.06. The van der Waals surface area contributed by atoms with Crippen molar-refractivity contribution in [3.8, 4) is 5.75 Å². The fourth-order valence-corrected chi connectivity index (χ4v) is 0.859. The minimum Gasteiger partial charge on any atom is -0.484 e. The molecule has 0 aliphatic heterocycles. The van der Waals surface area contributed by atoms with Gasteiger partial charge in [0.1, 0.15) is 5.75 Å². The van der Waals surface area contributed by atoms with E-state index in [0.717, 1.165) is 0 Å². The number of benzene rings is 1. The van der Waals surface area contributed by atoms with Crippen LogP contribution in [-0.2, 0) is 9.59 Å². The summed E-state index contributed by atoms with van der Waals surface area (Å²) in [4.78, 5) is 21.5. The van der Waals surface area contributed by atoms with E-state index in [9.17, 15) is 9.59 Å². The molecule has 0 saturated heterocycles. The Morgan fingerprint density at radius 2 is 1.87 bits per heavy atom. The Morgan fingerprint density at radius 1 is 1.20 bits per heavy atom. The molecular formula is C10H12N2O3. The Kier molecular flexibility index (Phi) is 4.15. The van der Waals surface area contributed by atoms with Crippen molar-refractivity contribution < 1.29 is 14.3 Å². The molecule has 0 radical (unpaired) electrons. The van der Waals surface area contributed by atoms with Crippen molar-refractivity contribution in [3.63, 3.8) is 0 Å². The zero-order valence-corrected chi connectivity index (χ0v) is 8.32. The van der Waals surface area contributed by atoms with E-state index in [1.807, 2.05) is 6.07 Å². The molecule has 5 heteroatoms. The number of rotatable bonds is 3. The summed E-state index contributed by atoms with van der Waals surface area (Å²) < 4.78 is 5.14. The van der Waals surface area contributed by atoms with Crippen LogP contribution in [0.15, 0.2) is 30.3 Å². The maximum Gasteiger partial charge on any atom is 0.276 e. The molecule has 0 aromatic heterocycles. The summed E-state index contributed by atoms with van der Waals surface area (Å²) >= 11 is 0. The summed E-state index contributed by atoms with van der Waals surface area (Å²) in [6, 6.07) is 8.95. The van der Waals surface area contributed by atoms with Crippen LogP contribution in [0.3, 0.4) is 0 Å². The molecule has 1 aromatic carbocycles. The van der Waals surface area contributed by atoms with E-state index in [0.29, 0.717) is 5.75 Å². The standard InChI is InChI=1S/C10H12N2O3/c1-8(13)11-12-10(14)7-15-9-5-3-2-4-6-9/h2-6H,7H2,1H3,(H,11,13)(H,12,14). The van der Waals surface area contributed by atoms with Gasteiger partial charge in [-0.25, -0.2) is 0 Å². The highest BCUT2D eigenvalue weighted by atomic mass is 16.5. The van der Waals surface area contributed by atoms with Gasteiger partial charge < -0.3 is 4.74 Å². The molecule has 1 aromatic rings. The summed E-state index contributed by atoms with van der Waals surface area (Å²) in [6.45, 7) is 1.17. The lowest BCUT2D eigenvalue weighted by atomic mass is 10.3. The maximum atomic E-state index is 11.1. The topological polar surface area (TPSA) is 67.4 Å². The van der Waals surface area contributed by atoms with Crippen LogP contribution in [0.5, 0.6) is 5.75 Å². The van der Waals surface area contributed by atoms with Crippen LogP contribution >= 0.6 is 0 Å². The summed E-state index contributed by atoms with van der Waals surface area (Å²) in [5.74, 6) is -0.132. The molecule has 0 spiro atoms. The molecule has 0 saturated carbocycles. The fraction of sp³-hybridized carbons (Fsp3) is 0.200. The quantitative estimate of drug-likeness (QED) is 0.699. The van der Waals surface area contributed by atoms with Gasteiger partial charge in [0.2, 0.25) is 5.91 Å². The Bertz CT molecular complexity index is 338. The lowest BCUT2D eigenvalue weighted by molar-refractivity contribution is -0.129. The fourth-order valence-electron chi connectivity index (χ4n) is 0.859. The zero-order valence-electron chi connectivity index (χ0n) is 8.32. The number of hydrogen-bond acceptors (Lipinski definition) is 3. The molecule has 5 nitrogen and oxygen atoms in total. The minimum atomic E-state index is -0.408. The van der Waals surface area contributed by atoms with Crippen molar-refractivity contribution in [2.45, 2.75) is 6.92 Å². The molecule has 0 atom stereocenters.